The molecule has 1 aliphatic rings. The number of nitrogens with zero attached hydrogens (tertiary/aromatic N) is 7. The van der Waals surface area contributed by atoms with Gasteiger partial charge in [-0.25, -0.2) is 14.5 Å². The standard InChI is InChI=1S/C27H33N7O3/c1-3-32-25(34(35)36)19-28-26(32)27-29-23-11-7-8-12-24(23)33(27)21(2)31-15-13-30(14-16-31)17-18-37-20-22-9-5-4-6-10-22/h4-12,19,21H,3,13-18,20H2,1-2H3. The van der Waals surface area contributed by atoms with E-state index in [-0.39, 0.29) is 16.9 Å². The largest absolute Gasteiger partial charge is 0.375 e. The molecule has 0 amide bonds. The van der Waals surface area contributed by atoms with Crippen LogP contribution in [-0.2, 0) is 17.9 Å². The summed E-state index contributed by atoms with van der Waals surface area (Å²) in [7, 11) is 0. The highest BCUT2D eigenvalue weighted by Crippen LogP contribution is 2.31. The van der Waals surface area contributed by atoms with Crippen molar-refractivity contribution in [2.75, 3.05) is 39.3 Å². The van der Waals surface area contributed by atoms with E-state index in [4.69, 9.17) is 9.72 Å². The van der Waals surface area contributed by atoms with Gasteiger partial charge in [0.15, 0.2) is 0 Å². The lowest BCUT2D eigenvalue weighted by molar-refractivity contribution is -0.392. The molecule has 37 heavy (non-hydrogen) atoms. The molecule has 2 aromatic heterocycles. The van der Waals surface area contributed by atoms with Crippen molar-refractivity contribution in [3.05, 3.63) is 76.5 Å². The molecule has 0 N–H and O–H groups in total. The molecular weight excluding hydrogens is 470 g/mol. The number of para-hydroxylation sites is 2. The molecule has 5 rings (SSSR count). The van der Waals surface area contributed by atoms with E-state index in [1.54, 1.807) is 4.57 Å². The third-order valence-electron chi connectivity index (χ3n) is 7.11. The summed E-state index contributed by atoms with van der Waals surface area (Å²) in [5, 5.41) is 11.6. The third kappa shape index (κ3) is 5.27. The minimum absolute atomic E-state index is 0.0138. The number of hydrogen-bond acceptors (Lipinski definition) is 7. The Kier molecular flexibility index (Phi) is 7.59. The first-order valence-electron chi connectivity index (χ1n) is 12.8. The number of imidazole rings is 2. The Morgan fingerprint density at radius 1 is 1.03 bits per heavy atom. The van der Waals surface area contributed by atoms with E-state index >= 15 is 0 Å². The molecule has 10 nitrogen and oxygen atoms in total. The zero-order valence-electron chi connectivity index (χ0n) is 21.4. The van der Waals surface area contributed by atoms with E-state index in [0.29, 0.717) is 31.4 Å². The van der Waals surface area contributed by atoms with Gasteiger partial charge in [0, 0.05) is 32.7 Å². The first kappa shape index (κ1) is 25.1. The second kappa shape index (κ2) is 11.2. The lowest BCUT2D eigenvalue weighted by Gasteiger charge is -2.38. The molecule has 0 saturated carbocycles. The summed E-state index contributed by atoms with van der Waals surface area (Å²) in [5.41, 5.74) is 3.04. The van der Waals surface area contributed by atoms with Crippen molar-refractivity contribution < 1.29 is 9.66 Å². The van der Waals surface area contributed by atoms with Gasteiger partial charge in [0.2, 0.25) is 5.82 Å². The van der Waals surface area contributed by atoms with Crippen LogP contribution in [0.1, 0.15) is 25.6 Å². The van der Waals surface area contributed by atoms with E-state index in [9.17, 15) is 10.1 Å². The predicted octanol–water partition coefficient (Wildman–Crippen LogP) is 4.18. The highest BCUT2D eigenvalue weighted by atomic mass is 16.6. The fourth-order valence-electron chi connectivity index (χ4n) is 5.06. The summed E-state index contributed by atoms with van der Waals surface area (Å²) in [6, 6.07) is 18.2. The van der Waals surface area contributed by atoms with Crippen LogP contribution in [0, 0.1) is 10.1 Å². The first-order valence-corrected chi connectivity index (χ1v) is 12.8. The molecule has 4 aromatic rings. The lowest BCUT2D eigenvalue weighted by Crippen LogP contribution is -2.49. The molecule has 2 aromatic carbocycles. The monoisotopic (exact) mass is 503 g/mol. The van der Waals surface area contributed by atoms with Gasteiger partial charge in [-0.3, -0.25) is 9.80 Å². The maximum absolute atomic E-state index is 11.6. The van der Waals surface area contributed by atoms with Gasteiger partial charge in [-0.15, -0.1) is 0 Å². The first-order chi connectivity index (χ1) is 18.1. The molecule has 1 fully saturated rings. The normalized spacial score (nSPS) is 15.8. The number of piperazine rings is 1. The van der Waals surface area contributed by atoms with Crippen LogP contribution < -0.4 is 0 Å². The van der Waals surface area contributed by atoms with Gasteiger partial charge in [-0.05, 0) is 36.5 Å². The Labute approximate surface area is 216 Å². The minimum Gasteiger partial charge on any atom is -0.375 e. The van der Waals surface area contributed by atoms with Gasteiger partial charge in [-0.2, -0.15) is 0 Å². The quantitative estimate of drug-likeness (QED) is 0.182. The van der Waals surface area contributed by atoms with E-state index in [2.05, 4.69) is 44.5 Å². The molecule has 3 heterocycles. The smallest absolute Gasteiger partial charge is 0.343 e. The summed E-state index contributed by atoms with van der Waals surface area (Å²) in [4.78, 5) is 25.4. The van der Waals surface area contributed by atoms with Gasteiger partial charge in [0.25, 0.3) is 5.82 Å². The Balaban J connectivity index is 1.29. The minimum atomic E-state index is -0.390. The van der Waals surface area contributed by atoms with Gasteiger partial charge in [-0.1, -0.05) is 42.5 Å². The number of fused-ring (bicyclic) bond motifs is 1. The highest BCUT2D eigenvalue weighted by molar-refractivity contribution is 5.80. The van der Waals surface area contributed by atoms with Crippen molar-refractivity contribution in [2.24, 2.45) is 0 Å². The number of nitro groups is 1. The molecule has 1 unspecified atom stereocenters. The summed E-state index contributed by atoms with van der Waals surface area (Å²) in [6.45, 7) is 10.5. The van der Waals surface area contributed by atoms with Crippen molar-refractivity contribution in [2.45, 2.75) is 33.2 Å². The van der Waals surface area contributed by atoms with Crippen molar-refractivity contribution >= 4 is 16.9 Å². The maximum atomic E-state index is 11.6. The topological polar surface area (TPSA) is 94.5 Å². The second-order valence-corrected chi connectivity index (χ2v) is 9.28. The Morgan fingerprint density at radius 2 is 1.76 bits per heavy atom. The zero-order chi connectivity index (χ0) is 25.8. The summed E-state index contributed by atoms with van der Waals surface area (Å²) >= 11 is 0. The van der Waals surface area contributed by atoms with Crippen LogP contribution in [0.25, 0.3) is 22.7 Å². The summed E-state index contributed by atoms with van der Waals surface area (Å²) in [5.74, 6) is 1.15. The molecular formula is C27H33N7O3. The molecule has 0 spiro atoms. The SMILES string of the molecule is CCn1c([N+](=O)[O-])cnc1-c1nc2ccccc2n1C(C)N1CCN(CCOCc2ccccc2)CC1. The van der Waals surface area contributed by atoms with Crippen LogP contribution >= 0.6 is 0 Å². The van der Waals surface area contributed by atoms with Crippen LogP contribution in [0.2, 0.25) is 0 Å². The van der Waals surface area contributed by atoms with Crippen molar-refractivity contribution in [1.29, 1.82) is 0 Å². The average molecular weight is 504 g/mol. The van der Waals surface area contributed by atoms with Gasteiger partial charge in [0.1, 0.15) is 6.20 Å². The molecule has 10 heteroatoms. The number of aromatic nitrogens is 4. The fraction of sp³-hybridized carbons (Fsp3) is 0.407. The maximum Gasteiger partial charge on any atom is 0.343 e. The lowest BCUT2D eigenvalue weighted by atomic mass is 10.2. The fourth-order valence-corrected chi connectivity index (χ4v) is 5.06. The Morgan fingerprint density at radius 3 is 2.49 bits per heavy atom. The Hall–Kier alpha value is -3.60. The molecule has 1 atom stereocenters. The molecule has 1 saturated heterocycles. The summed E-state index contributed by atoms with van der Waals surface area (Å²) in [6.07, 6.45) is 1.34. The van der Waals surface area contributed by atoms with E-state index in [0.717, 1.165) is 43.8 Å². The summed E-state index contributed by atoms with van der Waals surface area (Å²) < 4.78 is 9.68. The van der Waals surface area contributed by atoms with Crippen LogP contribution in [0.5, 0.6) is 0 Å². The van der Waals surface area contributed by atoms with Gasteiger partial charge in [0.05, 0.1) is 37.0 Å². The highest BCUT2D eigenvalue weighted by Gasteiger charge is 2.30. The van der Waals surface area contributed by atoms with E-state index < -0.39 is 0 Å². The zero-order valence-corrected chi connectivity index (χ0v) is 21.4. The van der Waals surface area contributed by atoms with Crippen LogP contribution in [0.3, 0.4) is 0 Å². The van der Waals surface area contributed by atoms with Gasteiger partial charge < -0.3 is 19.4 Å². The van der Waals surface area contributed by atoms with Crippen molar-refractivity contribution in [3.8, 4) is 11.6 Å². The average Bonchev–Trinajstić information content (AvgIpc) is 3.53. The van der Waals surface area contributed by atoms with Crippen molar-refractivity contribution in [3.63, 3.8) is 0 Å². The van der Waals surface area contributed by atoms with E-state index in [1.165, 1.54) is 11.8 Å². The second-order valence-electron chi connectivity index (χ2n) is 9.28. The third-order valence-corrected chi connectivity index (χ3v) is 7.11. The number of rotatable bonds is 10. The van der Waals surface area contributed by atoms with Crippen LogP contribution in [-0.4, -0.2) is 73.2 Å². The number of ether oxygens (including phenoxy) is 1. The molecule has 0 aliphatic carbocycles. The van der Waals surface area contributed by atoms with Gasteiger partial charge >= 0.3 is 5.82 Å². The van der Waals surface area contributed by atoms with Crippen molar-refractivity contribution in [1.82, 2.24) is 28.9 Å². The Bertz CT molecular complexity index is 1340. The predicted molar refractivity (Wildman–Crippen MR) is 142 cm³/mol. The van der Waals surface area contributed by atoms with Crippen LogP contribution in [0.15, 0.2) is 60.8 Å². The molecule has 0 radical (unpaired) electrons. The van der Waals surface area contributed by atoms with E-state index in [1.807, 2.05) is 43.3 Å². The molecule has 1 aliphatic heterocycles. The number of benzene rings is 2. The van der Waals surface area contributed by atoms with Crippen LogP contribution in [0.4, 0.5) is 5.82 Å². The number of hydrogen-bond donors (Lipinski definition) is 0. The molecule has 0 bridgehead atoms. The molecule has 194 valence electrons.